The molecule has 1 N–H and O–H groups in total. The van der Waals surface area contributed by atoms with Crippen LogP contribution < -0.4 is 5.32 Å². The molecular weight excluding hydrogens is 590 g/mol. The zero-order valence-electron chi connectivity index (χ0n) is 23.0. The molecule has 4 aliphatic rings. The van der Waals surface area contributed by atoms with Crippen molar-refractivity contribution >= 4 is 46.4 Å². The van der Waals surface area contributed by atoms with Crippen molar-refractivity contribution in [3.8, 4) is 0 Å². The van der Waals surface area contributed by atoms with Crippen LogP contribution in [-0.2, 0) is 21.5 Å². The first kappa shape index (κ1) is 28.3. The molecule has 1 saturated heterocycles. The third-order valence-corrected chi connectivity index (χ3v) is 10.3. The predicted molar refractivity (Wildman–Crippen MR) is 164 cm³/mol. The Morgan fingerprint density at radius 1 is 1.21 bits per heavy atom. The monoisotopic (exact) mass is 620 g/mol. The Kier molecular flexibility index (Phi) is 6.44. The standard InChI is InChI=1S/C32H27Cl2FN4O3.CH4/c1-15-13-38-24-12-23-26(29(24)37-25(38)11-19(15)30(40)42-2)27(18-4-3-5-21(34)28(18)35)32(39(23)14-16-6-7-16)20-9-8-17(33)10-22(20)36-31(32)41;/h3-5,8-11,13,16,23,26-27H,6-7,12,14H2,1-2H3,(H,36,41);1H4/t23-,26+,27-,32+;/m0./s1. The number of amides is 1. The summed E-state index contributed by atoms with van der Waals surface area (Å²) in [6.07, 6.45) is 4.74. The lowest BCUT2D eigenvalue weighted by molar-refractivity contribution is -0.128. The average Bonchev–Trinajstić information content (AvgIpc) is 3.43. The van der Waals surface area contributed by atoms with Crippen molar-refractivity contribution in [3.63, 3.8) is 0 Å². The van der Waals surface area contributed by atoms with Gasteiger partial charge in [-0.3, -0.25) is 9.69 Å². The zero-order valence-corrected chi connectivity index (χ0v) is 24.5. The number of anilines is 1. The molecule has 10 heteroatoms. The summed E-state index contributed by atoms with van der Waals surface area (Å²) in [5.41, 5.74) is 4.33. The SMILES string of the molecule is C.COC(=O)c1cc2nc3c(n2cc1C)C[C@H]1[C@@H]3[C@H](c2cccc(Cl)c2F)[C@]2(C(=O)Nc3cc(Cl)ccc32)N1CC1CC1. The van der Waals surface area contributed by atoms with E-state index in [-0.39, 0.29) is 30.3 Å². The molecule has 0 radical (unpaired) electrons. The summed E-state index contributed by atoms with van der Waals surface area (Å²) in [7, 11) is 1.36. The molecule has 2 fully saturated rings. The van der Waals surface area contributed by atoms with Gasteiger partial charge in [0.2, 0.25) is 5.91 Å². The van der Waals surface area contributed by atoms with Crippen molar-refractivity contribution in [2.45, 2.75) is 57.0 Å². The van der Waals surface area contributed by atoms with Gasteiger partial charge >= 0.3 is 5.97 Å². The minimum absolute atomic E-state index is 0. The number of ether oxygens (including phenoxy) is 1. The maximum Gasteiger partial charge on any atom is 0.338 e. The summed E-state index contributed by atoms with van der Waals surface area (Å²) in [6.45, 7) is 2.59. The second-order valence-electron chi connectivity index (χ2n) is 12.0. The smallest absolute Gasteiger partial charge is 0.338 e. The van der Waals surface area contributed by atoms with E-state index in [1.165, 1.54) is 13.2 Å². The van der Waals surface area contributed by atoms with Crippen LogP contribution in [0.1, 0.15) is 70.5 Å². The van der Waals surface area contributed by atoms with Gasteiger partial charge in [0.15, 0.2) is 0 Å². The summed E-state index contributed by atoms with van der Waals surface area (Å²) in [5, 5.41) is 3.64. The van der Waals surface area contributed by atoms with Crippen LogP contribution in [0.2, 0.25) is 10.0 Å². The molecule has 1 saturated carbocycles. The third-order valence-electron chi connectivity index (χ3n) is 9.74. The van der Waals surface area contributed by atoms with E-state index in [4.69, 9.17) is 32.9 Å². The van der Waals surface area contributed by atoms with Crippen LogP contribution in [0.25, 0.3) is 5.65 Å². The predicted octanol–water partition coefficient (Wildman–Crippen LogP) is 6.88. The van der Waals surface area contributed by atoms with E-state index >= 15 is 4.39 Å². The number of carbonyl (C=O) groups is 2. The van der Waals surface area contributed by atoms with Crippen molar-refractivity contribution in [2.75, 3.05) is 19.0 Å². The van der Waals surface area contributed by atoms with Gasteiger partial charge in [-0.25, -0.2) is 14.2 Å². The van der Waals surface area contributed by atoms with Gasteiger partial charge in [-0.05, 0) is 61.1 Å². The maximum atomic E-state index is 16.2. The number of rotatable bonds is 4. The number of carbonyl (C=O) groups excluding carboxylic acids is 2. The second-order valence-corrected chi connectivity index (χ2v) is 12.8. The van der Waals surface area contributed by atoms with Crippen molar-refractivity contribution in [3.05, 3.63) is 98.2 Å². The van der Waals surface area contributed by atoms with Gasteiger partial charge in [-0.15, -0.1) is 0 Å². The summed E-state index contributed by atoms with van der Waals surface area (Å²) < 4.78 is 23.2. The first-order valence-corrected chi connectivity index (χ1v) is 14.9. The Labute approximate surface area is 258 Å². The minimum Gasteiger partial charge on any atom is -0.465 e. The average molecular weight is 622 g/mol. The van der Waals surface area contributed by atoms with Gasteiger partial charge in [0.25, 0.3) is 0 Å². The van der Waals surface area contributed by atoms with Crippen molar-refractivity contribution in [1.29, 1.82) is 0 Å². The fraction of sp³-hybridized carbons (Fsp3) is 0.364. The van der Waals surface area contributed by atoms with Crippen molar-refractivity contribution in [2.24, 2.45) is 5.92 Å². The van der Waals surface area contributed by atoms with E-state index in [0.717, 1.165) is 35.4 Å². The highest BCUT2D eigenvalue weighted by molar-refractivity contribution is 6.31. The third kappa shape index (κ3) is 3.79. The molecule has 2 aromatic carbocycles. The molecule has 1 spiro atoms. The van der Waals surface area contributed by atoms with Crippen molar-refractivity contribution < 1.29 is 18.7 Å². The van der Waals surface area contributed by atoms with E-state index in [0.29, 0.717) is 46.4 Å². The molecule has 8 rings (SSSR count). The number of aromatic nitrogens is 2. The number of hydrogen-bond donors (Lipinski definition) is 1. The number of hydrogen-bond acceptors (Lipinski definition) is 5. The molecule has 7 nitrogen and oxygen atoms in total. The first-order chi connectivity index (χ1) is 20.2. The first-order valence-electron chi connectivity index (χ1n) is 14.2. The van der Waals surface area contributed by atoms with Gasteiger partial charge in [0, 0.05) is 59.0 Å². The molecule has 43 heavy (non-hydrogen) atoms. The number of imidazole rings is 1. The second kappa shape index (κ2) is 9.78. The molecule has 1 amide bonds. The largest absolute Gasteiger partial charge is 0.465 e. The number of fused-ring (bicyclic) bond motifs is 7. The molecule has 2 aliphatic heterocycles. The molecule has 4 atom stereocenters. The van der Waals surface area contributed by atoms with Crippen LogP contribution in [0.3, 0.4) is 0 Å². The molecule has 0 bridgehead atoms. The Morgan fingerprint density at radius 3 is 2.74 bits per heavy atom. The lowest BCUT2D eigenvalue weighted by Gasteiger charge is -2.40. The number of esters is 1. The Hall–Kier alpha value is -3.46. The Morgan fingerprint density at radius 2 is 2.00 bits per heavy atom. The van der Waals surface area contributed by atoms with E-state index in [1.54, 1.807) is 30.3 Å². The summed E-state index contributed by atoms with van der Waals surface area (Å²) in [4.78, 5) is 34.3. The molecule has 2 aliphatic carbocycles. The van der Waals surface area contributed by atoms with E-state index in [9.17, 15) is 9.59 Å². The lowest BCUT2D eigenvalue weighted by Crippen LogP contribution is -2.53. The van der Waals surface area contributed by atoms with Gasteiger partial charge in [-0.1, -0.05) is 48.8 Å². The van der Waals surface area contributed by atoms with Crippen molar-refractivity contribution in [1.82, 2.24) is 14.3 Å². The molecule has 222 valence electrons. The molecule has 4 heterocycles. The van der Waals surface area contributed by atoms with E-state index in [1.807, 2.05) is 23.6 Å². The topological polar surface area (TPSA) is 75.9 Å². The number of methoxy groups -OCH3 is 1. The fourth-order valence-electron chi connectivity index (χ4n) is 7.87. The van der Waals surface area contributed by atoms with Crippen LogP contribution in [0, 0.1) is 18.7 Å². The van der Waals surface area contributed by atoms with Crippen LogP contribution in [-0.4, -0.2) is 45.9 Å². The summed E-state index contributed by atoms with van der Waals surface area (Å²) >= 11 is 12.8. The summed E-state index contributed by atoms with van der Waals surface area (Å²) in [6, 6.07) is 12.1. The Balaban J connectivity index is 0.00000300. The number of nitrogens with one attached hydrogen (secondary N) is 1. The van der Waals surface area contributed by atoms with E-state index < -0.39 is 23.2 Å². The number of nitrogens with zero attached hydrogens (tertiary/aromatic N) is 3. The highest BCUT2D eigenvalue weighted by Gasteiger charge is 2.69. The lowest BCUT2D eigenvalue weighted by atomic mass is 9.71. The van der Waals surface area contributed by atoms with Gasteiger partial charge < -0.3 is 14.5 Å². The Bertz CT molecular complexity index is 1850. The molecule has 4 aromatic rings. The summed E-state index contributed by atoms with van der Waals surface area (Å²) in [5.74, 6) is -1.59. The highest BCUT2D eigenvalue weighted by Crippen LogP contribution is 2.65. The highest BCUT2D eigenvalue weighted by atomic mass is 35.5. The van der Waals surface area contributed by atoms with Crippen LogP contribution in [0.4, 0.5) is 10.1 Å². The van der Waals surface area contributed by atoms with Gasteiger partial charge in [-0.2, -0.15) is 0 Å². The van der Waals surface area contributed by atoms with E-state index in [2.05, 4.69) is 10.2 Å². The van der Waals surface area contributed by atoms with Crippen LogP contribution in [0.15, 0.2) is 48.7 Å². The fourth-order valence-corrected chi connectivity index (χ4v) is 8.22. The normalized spacial score (nSPS) is 25.4. The number of halogens is 3. The molecule has 0 unspecified atom stereocenters. The number of benzene rings is 2. The molecule has 2 aromatic heterocycles. The van der Waals surface area contributed by atoms with Crippen LogP contribution in [0.5, 0.6) is 0 Å². The minimum atomic E-state index is -1.18. The van der Waals surface area contributed by atoms with Crippen LogP contribution >= 0.6 is 23.2 Å². The zero-order chi connectivity index (χ0) is 29.1. The number of pyridine rings is 1. The molecular formula is C33H31Cl2FN4O3. The maximum absolute atomic E-state index is 16.2. The number of aryl methyl sites for hydroxylation is 1. The van der Waals surface area contributed by atoms with Gasteiger partial charge in [0.05, 0.1) is 23.4 Å². The quantitative estimate of drug-likeness (QED) is 0.252. The number of likely N-dealkylation sites (tertiary alicyclic amines) is 1. The van der Waals surface area contributed by atoms with Gasteiger partial charge in [0.1, 0.15) is 17.0 Å².